The van der Waals surface area contributed by atoms with E-state index in [0.29, 0.717) is 23.3 Å². The summed E-state index contributed by atoms with van der Waals surface area (Å²) in [6, 6.07) is 11.9. The maximum Gasteiger partial charge on any atom is 0.501 e. The first kappa shape index (κ1) is 28.9. The van der Waals surface area contributed by atoms with Gasteiger partial charge in [0.1, 0.15) is 5.75 Å². The lowest BCUT2D eigenvalue weighted by Crippen LogP contribution is -2.23. The summed E-state index contributed by atoms with van der Waals surface area (Å²) in [5.41, 5.74) is -3.63. The Hall–Kier alpha value is -2.69. The van der Waals surface area contributed by atoms with Crippen molar-refractivity contribution in [3.05, 3.63) is 70.2 Å². The van der Waals surface area contributed by atoms with E-state index in [1.807, 2.05) is 57.4 Å². The third kappa shape index (κ3) is 5.76. The van der Waals surface area contributed by atoms with Crippen LogP contribution in [0.1, 0.15) is 42.3 Å². The summed E-state index contributed by atoms with van der Waals surface area (Å²) in [7, 11) is -5.61. The summed E-state index contributed by atoms with van der Waals surface area (Å²) in [5, 5.41) is 13.2. The topological polar surface area (TPSA) is 83.5 Å². The number of carbonyl (C=O) groups is 1. The van der Waals surface area contributed by atoms with Crippen LogP contribution >= 0.6 is 23.4 Å². The maximum atomic E-state index is 13.4. The van der Waals surface area contributed by atoms with Crippen molar-refractivity contribution in [2.75, 3.05) is 11.6 Å². The molecule has 0 fully saturated rings. The minimum Gasteiger partial charge on any atom is -0.507 e. The molecule has 0 saturated heterocycles. The number of rotatable bonds is 5. The summed E-state index contributed by atoms with van der Waals surface area (Å²) in [5.74, 6) is -0.990. The highest BCUT2D eigenvalue weighted by Crippen LogP contribution is 2.41. The molecule has 0 aliphatic rings. The van der Waals surface area contributed by atoms with Gasteiger partial charge in [0.2, 0.25) is 0 Å². The largest absolute Gasteiger partial charge is 0.507 e. The smallest absolute Gasteiger partial charge is 0.501 e. The molecule has 37 heavy (non-hydrogen) atoms. The van der Waals surface area contributed by atoms with Gasteiger partial charge in [0.05, 0.1) is 21.2 Å². The van der Waals surface area contributed by atoms with Gasteiger partial charge in [-0.1, -0.05) is 44.5 Å². The standard InChI is InChI=1S/C26H25ClF3NO4S2/c1-14-18(15-6-8-16(36-5)9-7-15)13-19(25(2,3)4)23(32)22(14)24(33)31-21-11-10-17(12-20(21)27)37(34,35)26(28,29)30/h6-13,32H,1-5H3,(H,31,33). The molecule has 0 aromatic heterocycles. The lowest BCUT2D eigenvalue weighted by atomic mass is 9.81. The van der Waals surface area contributed by atoms with Gasteiger partial charge in [0, 0.05) is 10.5 Å². The number of thioether (sulfide) groups is 1. The van der Waals surface area contributed by atoms with Gasteiger partial charge in [-0.3, -0.25) is 4.79 Å². The van der Waals surface area contributed by atoms with Crippen LogP contribution < -0.4 is 5.32 Å². The van der Waals surface area contributed by atoms with Crippen molar-refractivity contribution in [2.24, 2.45) is 0 Å². The van der Waals surface area contributed by atoms with E-state index >= 15 is 0 Å². The predicted octanol–water partition coefficient (Wildman–Crippen LogP) is 7.59. The van der Waals surface area contributed by atoms with Crippen LogP contribution in [0.2, 0.25) is 5.02 Å². The van der Waals surface area contributed by atoms with Crippen LogP contribution in [-0.2, 0) is 15.3 Å². The number of carbonyl (C=O) groups excluding carboxylic acids is 1. The molecule has 0 spiro atoms. The Labute approximate surface area is 223 Å². The number of benzene rings is 3. The molecule has 0 unspecified atom stereocenters. The number of hydrogen-bond donors (Lipinski definition) is 2. The molecule has 1 amide bonds. The summed E-state index contributed by atoms with van der Waals surface area (Å²) in [4.78, 5) is 13.4. The molecule has 11 heteroatoms. The Morgan fingerprint density at radius 1 is 1.03 bits per heavy atom. The van der Waals surface area contributed by atoms with Crippen LogP contribution in [0.25, 0.3) is 11.1 Å². The summed E-state index contributed by atoms with van der Waals surface area (Å²) >= 11 is 7.63. The van der Waals surface area contributed by atoms with Crippen LogP contribution in [0.5, 0.6) is 5.75 Å². The lowest BCUT2D eigenvalue weighted by Gasteiger charge is -2.25. The Kier molecular flexibility index (Phi) is 7.98. The number of amides is 1. The third-order valence-electron chi connectivity index (χ3n) is 5.80. The molecule has 0 aliphatic carbocycles. The van der Waals surface area contributed by atoms with Gasteiger partial charge in [-0.05, 0) is 71.7 Å². The van der Waals surface area contributed by atoms with Gasteiger partial charge in [0.25, 0.3) is 15.7 Å². The fourth-order valence-electron chi connectivity index (χ4n) is 3.77. The van der Waals surface area contributed by atoms with Crippen LogP contribution in [0.15, 0.2) is 58.3 Å². The maximum absolute atomic E-state index is 13.4. The number of alkyl halides is 3. The molecular weight excluding hydrogens is 547 g/mol. The van der Waals surface area contributed by atoms with Crippen molar-refractivity contribution in [1.29, 1.82) is 0 Å². The first-order chi connectivity index (χ1) is 17.0. The lowest BCUT2D eigenvalue weighted by molar-refractivity contribution is -0.0436. The molecule has 198 valence electrons. The normalized spacial score (nSPS) is 12.5. The van der Waals surface area contributed by atoms with E-state index in [1.54, 1.807) is 18.7 Å². The Morgan fingerprint density at radius 3 is 2.11 bits per heavy atom. The number of anilines is 1. The zero-order valence-electron chi connectivity index (χ0n) is 20.6. The molecule has 5 nitrogen and oxygen atoms in total. The molecule has 0 atom stereocenters. The SMILES string of the molecule is CSc1ccc(-c2cc(C(C)(C)C)c(O)c(C(=O)Nc3ccc(S(=O)(=O)C(F)(F)F)cc3Cl)c2C)cc1. The average molecular weight is 572 g/mol. The highest BCUT2D eigenvalue weighted by molar-refractivity contribution is 7.98. The molecule has 0 heterocycles. The molecule has 0 radical (unpaired) electrons. The molecule has 3 rings (SSSR count). The summed E-state index contributed by atoms with van der Waals surface area (Å²) < 4.78 is 62.1. The van der Waals surface area contributed by atoms with E-state index in [-0.39, 0.29) is 17.0 Å². The number of phenols is 1. The number of sulfone groups is 1. The van der Waals surface area contributed by atoms with E-state index in [4.69, 9.17) is 11.6 Å². The van der Waals surface area contributed by atoms with Crippen molar-refractivity contribution in [1.82, 2.24) is 0 Å². The molecule has 0 saturated carbocycles. The molecule has 0 aliphatic heterocycles. The Bertz CT molecular complexity index is 1460. The van der Waals surface area contributed by atoms with Crippen LogP contribution in [-0.4, -0.2) is 31.2 Å². The van der Waals surface area contributed by atoms with Crippen LogP contribution in [0.4, 0.5) is 18.9 Å². The van der Waals surface area contributed by atoms with E-state index in [0.717, 1.165) is 22.1 Å². The monoisotopic (exact) mass is 571 g/mol. The van der Waals surface area contributed by atoms with Crippen molar-refractivity contribution >= 4 is 44.8 Å². The van der Waals surface area contributed by atoms with Crippen molar-refractivity contribution in [3.8, 4) is 16.9 Å². The second-order valence-electron chi connectivity index (χ2n) is 9.34. The molecule has 2 N–H and O–H groups in total. The van der Waals surface area contributed by atoms with Gasteiger partial charge in [-0.25, -0.2) is 8.42 Å². The van der Waals surface area contributed by atoms with E-state index in [2.05, 4.69) is 5.32 Å². The van der Waals surface area contributed by atoms with Crippen molar-refractivity contribution in [2.45, 2.75) is 48.4 Å². The van der Waals surface area contributed by atoms with Gasteiger partial charge >= 0.3 is 5.51 Å². The highest BCUT2D eigenvalue weighted by atomic mass is 35.5. The van der Waals surface area contributed by atoms with Crippen LogP contribution in [0.3, 0.4) is 0 Å². The molecular formula is C26H25ClF3NO4S2. The highest BCUT2D eigenvalue weighted by Gasteiger charge is 2.47. The number of hydrogen-bond acceptors (Lipinski definition) is 5. The minimum atomic E-state index is -5.61. The van der Waals surface area contributed by atoms with E-state index < -0.39 is 36.6 Å². The number of halogens is 4. The fraction of sp³-hybridized carbons (Fsp3) is 0.269. The van der Waals surface area contributed by atoms with Crippen molar-refractivity contribution in [3.63, 3.8) is 0 Å². The van der Waals surface area contributed by atoms with Crippen LogP contribution in [0, 0.1) is 6.92 Å². The molecule has 3 aromatic rings. The zero-order valence-corrected chi connectivity index (χ0v) is 23.0. The summed E-state index contributed by atoms with van der Waals surface area (Å²) in [6.45, 7) is 7.34. The zero-order chi connectivity index (χ0) is 27.9. The number of aromatic hydroxyl groups is 1. The summed E-state index contributed by atoms with van der Waals surface area (Å²) in [6.07, 6.45) is 1.96. The quantitative estimate of drug-likeness (QED) is 0.308. The van der Waals surface area contributed by atoms with Gasteiger partial charge < -0.3 is 10.4 Å². The van der Waals surface area contributed by atoms with E-state index in [9.17, 15) is 31.5 Å². The van der Waals surface area contributed by atoms with Gasteiger partial charge in [-0.15, -0.1) is 11.8 Å². The number of phenolic OH excluding ortho intramolecular Hbond substituents is 1. The van der Waals surface area contributed by atoms with Crippen molar-refractivity contribution < 1.29 is 31.5 Å². The second-order valence-corrected chi connectivity index (χ2v) is 12.6. The fourth-order valence-corrected chi connectivity index (χ4v) is 5.26. The predicted molar refractivity (Wildman–Crippen MR) is 141 cm³/mol. The molecule has 0 bridgehead atoms. The van der Waals surface area contributed by atoms with E-state index in [1.165, 1.54) is 0 Å². The first-order valence-corrected chi connectivity index (χ1v) is 14.0. The van der Waals surface area contributed by atoms with Gasteiger partial charge in [-0.2, -0.15) is 13.2 Å². The molecule has 3 aromatic carbocycles. The second kappa shape index (κ2) is 10.2. The van der Waals surface area contributed by atoms with Gasteiger partial charge in [0.15, 0.2) is 0 Å². The Morgan fingerprint density at radius 2 is 1.62 bits per heavy atom. The minimum absolute atomic E-state index is 0.0283. The Balaban J connectivity index is 2.11. The average Bonchev–Trinajstić information content (AvgIpc) is 2.79. The number of nitrogens with one attached hydrogen (secondary N) is 1. The first-order valence-electron chi connectivity index (χ1n) is 10.9. The third-order valence-corrected chi connectivity index (χ3v) is 8.34.